The fraction of sp³-hybridized carbons (Fsp3) is 0.846. The number of ether oxygens (including phenoxy) is 2. The van der Waals surface area contributed by atoms with Gasteiger partial charge in [-0.2, -0.15) is 0 Å². The van der Waals surface area contributed by atoms with E-state index in [4.69, 9.17) is 4.74 Å². The van der Waals surface area contributed by atoms with Crippen LogP contribution in [0.5, 0.6) is 0 Å². The quantitative estimate of drug-likeness (QED) is 0.572. The van der Waals surface area contributed by atoms with Gasteiger partial charge in [0.2, 0.25) is 5.91 Å². The zero-order chi connectivity index (χ0) is 13.8. The molecule has 1 saturated heterocycles. The number of hydrogen-bond acceptors (Lipinski definition) is 4. The van der Waals surface area contributed by atoms with E-state index >= 15 is 0 Å². The summed E-state index contributed by atoms with van der Waals surface area (Å²) in [7, 11) is 1.29. The third kappa shape index (κ3) is 3.02. The third-order valence-electron chi connectivity index (χ3n) is 3.36. The van der Waals surface area contributed by atoms with Crippen molar-refractivity contribution in [2.24, 2.45) is 10.8 Å². The molecule has 5 nitrogen and oxygen atoms in total. The van der Waals surface area contributed by atoms with Crippen LogP contribution in [-0.4, -0.2) is 38.7 Å². The monoisotopic (exact) mass is 257 g/mol. The van der Waals surface area contributed by atoms with Crippen molar-refractivity contribution in [2.75, 3.05) is 26.9 Å². The summed E-state index contributed by atoms with van der Waals surface area (Å²) in [5, 5.41) is 2.85. The van der Waals surface area contributed by atoms with Gasteiger partial charge in [-0.3, -0.25) is 9.59 Å². The Morgan fingerprint density at radius 3 is 2.39 bits per heavy atom. The molecule has 1 aliphatic rings. The van der Waals surface area contributed by atoms with Crippen LogP contribution in [-0.2, 0) is 19.1 Å². The van der Waals surface area contributed by atoms with Crippen LogP contribution < -0.4 is 5.32 Å². The largest absolute Gasteiger partial charge is 0.468 e. The van der Waals surface area contributed by atoms with Crippen LogP contribution in [0.25, 0.3) is 0 Å². The lowest BCUT2D eigenvalue weighted by Crippen LogP contribution is -2.60. The molecular formula is C13H23NO4. The molecule has 1 fully saturated rings. The number of carbonyl (C=O) groups excluding carboxylic acids is 2. The maximum Gasteiger partial charge on any atom is 0.326 e. The van der Waals surface area contributed by atoms with Gasteiger partial charge in [-0.05, 0) is 11.8 Å². The van der Waals surface area contributed by atoms with Crippen LogP contribution in [0.2, 0.25) is 0 Å². The summed E-state index contributed by atoms with van der Waals surface area (Å²) in [5.41, 5.74) is -1.09. The number of esters is 1. The summed E-state index contributed by atoms with van der Waals surface area (Å²) in [6, 6.07) is 0. The van der Waals surface area contributed by atoms with Gasteiger partial charge < -0.3 is 14.8 Å². The van der Waals surface area contributed by atoms with E-state index < -0.39 is 11.4 Å². The van der Waals surface area contributed by atoms with E-state index in [9.17, 15) is 9.59 Å². The molecule has 0 radical (unpaired) electrons. The van der Waals surface area contributed by atoms with Crippen LogP contribution in [0.15, 0.2) is 0 Å². The number of carbonyl (C=O) groups is 2. The van der Waals surface area contributed by atoms with Crippen LogP contribution in [0.1, 0.15) is 33.6 Å². The number of methoxy groups -OCH3 is 1. The lowest BCUT2D eigenvalue weighted by Gasteiger charge is -2.37. The van der Waals surface area contributed by atoms with Crippen LogP contribution in [0.4, 0.5) is 0 Å². The van der Waals surface area contributed by atoms with Gasteiger partial charge in [0, 0.05) is 6.54 Å². The summed E-state index contributed by atoms with van der Waals surface area (Å²) in [4.78, 5) is 23.8. The van der Waals surface area contributed by atoms with Gasteiger partial charge >= 0.3 is 5.97 Å². The Labute approximate surface area is 108 Å². The van der Waals surface area contributed by atoms with Crippen molar-refractivity contribution in [1.82, 2.24) is 5.32 Å². The lowest BCUT2D eigenvalue weighted by molar-refractivity contribution is -0.188. The highest BCUT2D eigenvalue weighted by Crippen LogP contribution is 2.30. The SMILES string of the molecule is CCCC(C)(C)CNC(=O)C1(C(=O)OC)COC1. The van der Waals surface area contributed by atoms with Crippen LogP contribution >= 0.6 is 0 Å². The van der Waals surface area contributed by atoms with Crippen molar-refractivity contribution in [3.05, 3.63) is 0 Å². The minimum atomic E-state index is -1.13. The van der Waals surface area contributed by atoms with Gasteiger partial charge in [-0.25, -0.2) is 0 Å². The minimum absolute atomic E-state index is 0.0341. The van der Waals surface area contributed by atoms with Gasteiger partial charge in [0.15, 0.2) is 5.41 Å². The Bertz CT molecular complexity index is 321. The predicted octanol–water partition coefficient (Wildman–Crippen LogP) is 1.12. The van der Waals surface area contributed by atoms with Crippen molar-refractivity contribution >= 4 is 11.9 Å². The first kappa shape index (κ1) is 15.0. The average Bonchev–Trinajstić information content (AvgIpc) is 2.24. The van der Waals surface area contributed by atoms with Crippen molar-refractivity contribution < 1.29 is 19.1 Å². The molecule has 104 valence electrons. The highest BCUT2D eigenvalue weighted by atomic mass is 16.5. The van der Waals surface area contributed by atoms with E-state index in [1.54, 1.807) is 0 Å². The molecule has 0 unspecified atom stereocenters. The maximum atomic E-state index is 12.1. The number of nitrogens with one attached hydrogen (secondary N) is 1. The fourth-order valence-corrected chi connectivity index (χ4v) is 2.10. The molecule has 0 aliphatic carbocycles. The smallest absolute Gasteiger partial charge is 0.326 e. The maximum absolute atomic E-state index is 12.1. The zero-order valence-corrected chi connectivity index (χ0v) is 11.7. The molecule has 0 aromatic rings. The van der Waals surface area contributed by atoms with Gasteiger partial charge in [-0.15, -0.1) is 0 Å². The molecule has 1 N–H and O–H groups in total. The van der Waals surface area contributed by atoms with Crippen molar-refractivity contribution in [3.63, 3.8) is 0 Å². The first-order valence-electron chi connectivity index (χ1n) is 6.32. The predicted molar refractivity (Wildman–Crippen MR) is 67.0 cm³/mol. The van der Waals surface area contributed by atoms with Crippen molar-refractivity contribution in [3.8, 4) is 0 Å². The summed E-state index contributed by atoms with van der Waals surface area (Å²) in [6.07, 6.45) is 2.09. The Kier molecular flexibility index (Phi) is 4.73. The first-order chi connectivity index (χ1) is 8.38. The van der Waals surface area contributed by atoms with E-state index in [0.29, 0.717) is 6.54 Å². The Morgan fingerprint density at radius 1 is 1.39 bits per heavy atom. The van der Waals surface area contributed by atoms with E-state index in [1.165, 1.54) is 7.11 Å². The summed E-state index contributed by atoms with van der Waals surface area (Å²) in [5.74, 6) is -0.802. The molecule has 0 aromatic carbocycles. The molecule has 5 heteroatoms. The molecule has 0 bridgehead atoms. The van der Waals surface area contributed by atoms with E-state index in [0.717, 1.165) is 12.8 Å². The second kappa shape index (κ2) is 5.69. The van der Waals surface area contributed by atoms with Crippen molar-refractivity contribution in [1.29, 1.82) is 0 Å². The molecule has 0 aromatic heterocycles. The normalized spacial score (nSPS) is 17.8. The second-order valence-electron chi connectivity index (χ2n) is 5.66. The Balaban J connectivity index is 2.57. The summed E-state index contributed by atoms with van der Waals surface area (Å²) in [6.45, 7) is 7.08. The topological polar surface area (TPSA) is 64.6 Å². The van der Waals surface area contributed by atoms with Gasteiger partial charge in [0.1, 0.15) is 0 Å². The molecule has 1 heterocycles. The van der Waals surface area contributed by atoms with Gasteiger partial charge in [-0.1, -0.05) is 27.2 Å². The Hall–Kier alpha value is -1.10. The molecule has 18 heavy (non-hydrogen) atoms. The van der Waals surface area contributed by atoms with Gasteiger partial charge in [0.05, 0.1) is 20.3 Å². The fourth-order valence-electron chi connectivity index (χ4n) is 2.10. The molecule has 1 amide bonds. The van der Waals surface area contributed by atoms with E-state index in [1.807, 2.05) is 0 Å². The average molecular weight is 257 g/mol. The molecule has 0 spiro atoms. The van der Waals surface area contributed by atoms with Crippen LogP contribution in [0, 0.1) is 10.8 Å². The molecular weight excluding hydrogens is 234 g/mol. The molecule has 0 saturated carbocycles. The second-order valence-corrected chi connectivity index (χ2v) is 5.66. The lowest BCUT2D eigenvalue weighted by atomic mass is 9.83. The number of rotatable bonds is 6. The number of amides is 1. The summed E-state index contributed by atoms with van der Waals surface area (Å²) >= 11 is 0. The minimum Gasteiger partial charge on any atom is -0.468 e. The first-order valence-corrected chi connectivity index (χ1v) is 6.32. The van der Waals surface area contributed by atoms with Crippen molar-refractivity contribution in [2.45, 2.75) is 33.6 Å². The molecule has 0 atom stereocenters. The standard InChI is InChI=1S/C13H23NO4/c1-5-6-12(2,3)7-14-10(15)13(8-18-9-13)11(16)17-4/h5-9H2,1-4H3,(H,14,15). The van der Waals surface area contributed by atoms with E-state index in [-0.39, 0.29) is 24.5 Å². The Morgan fingerprint density at radius 2 is 2.00 bits per heavy atom. The highest BCUT2D eigenvalue weighted by Gasteiger charge is 2.54. The third-order valence-corrected chi connectivity index (χ3v) is 3.36. The molecule has 1 aliphatic heterocycles. The van der Waals surface area contributed by atoms with Gasteiger partial charge in [0.25, 0.3) is 0 Å². The highest BCUT2D eigenvalue weighted by molar-refractivity contribution is 6.03. The van der Waals surface area contributed by atoms with Crippen LogP contribution in [0.3, 0.4) is 0 Å². The summed E-state index contributed by atoms with van der Waals surface area (Å²) < 4.78 is 9.68. The number of hydrogen-bond donors (Lipinski definition) is 1. The molecule has 1 rings (SSSR count). The van der Waals surface area contributed by atoms with E-state index in [2.05, 4.69) is 30.8 Å². The zero-order valence-electron chi connectivity index (χ0n) is 11.7.